The molecular weight excluding hydrogens is 245 g/mol. The van der Waals surface area contributed by atoms with Gasteiger partial charge in [0.15, 0.2) is 5.75 Å². The monoisotopic (exact) mass is 261 g/mol. The summed E-state index contributed by atoms with van der Waals surface area (Å²) in [6.07, 6.45) is 0.887. The van der Waals surface area contributed by atoms with Crippen molar-refractivity contribution in [2.24, 2.45) is 5.73 Å². The Hall–Kier alpha value is -0.440. The number of rotatable bonds is 4. The number of ether oxygens (including phenoxy) is 1. The predicted molar refractivity (Wildman–Crippen MR) is 69.4 cm³/mol. The third-order valence-corrected chi connectivity index (χ3v) is 2.80. The maximum Gasteiger partial charge on any atom is 0.156 e. The Morgan fingerprint density at radius 3 is 2.12 bits per heavy atom. The van der Waals surface area contributed by atoms with E-state index in [9.17, 15) is 0 Å². The van der Waals surface area contributed by atoms with Gasteiger partial charge in [-0.1, -0.05) is 30.1 Å². The molecule has 0 amide bonds. The smallest absolute Gasteiger partial charge is 0.156 e. The largest absolute Gasteiger partial charge is 0.488 e. The lowest BCUT2D eigenvalue weighted by molar-refractivity contribution is 0.242. The van der Waals surface area contributed by atoms with Crippen molar-refractivity contribution in [3.63, 3.8) is 0 Å². The first-order valence-corrected chi connectivity index (χ1v) is 6.12. The molecule has 1 aromatic rings. The summed E-state index contributed by atoms with van der Waals surface area (Å²) in [5.41, 5.74) is 6.86. The fraction of sp³-hybridized carbons (Fsp3) is 0.500. The van der Waals surface area contributed by atoms with Crippen LogP contribution in [-0.4, -0.2) is 6.10 Å². The Labute approximate surface area is 107 Å². The second-order valence-electron chi connectivity index (χ2n) is 4.00. The highest BCUT2D eigenvalue weighted by molar-refractivity contribution is 6.37. The summed E-state index contributed by atoms with van der Waals surface area (Å²) in [5.74, 6) is 0.533. The molecule has 0 bridgehead atoms. The van der Waals surface area contributed by atoms with E-state index in [4.69, 9.17) is 33.7 Å². The zero-order valence-corrected chi connectivity index (χ0v) is 11.3. The van der Waals surface area contributed by atoms with Crippen LogP contribution in [-0.2, 0) is 0 Å². The van der Waals surface area contributed by atoms with Gasteiger partial charge in [0.2, 0.25) is 0 Å². The summed E-state index contributed by atoms with van der Waals surface area (Å²) in [5, 5.41) is 1.03. The molecule has 1 atom stereocenters. The molecule has 1 rings (SSSR count). The molecule has 1 aromatic carbocycles. The van der Waals surface area contributed by atoms with E-state index < -0.39 is 0 Å². The van der Waals surface area contributed by atoms with Crippen LogP contribution < -0.4 is 10.5 Å². The van der Waals surface area contributed by atoms with E-state index in [1.54, 1.807) is 0 Å². The van der Waals surface area contributed by atoms with E-state index >= 15 is 0 Å². The van der Waals surface area contributed by atoms with Gasteiger partial charge in [-0.2, -0.15) is 0 Å². The van der Waals surface area contributed by atoms with E-state index in [1.807, 2.05) is 32.9 Å². The first kappa shape index (κ1) is 13.6. The maximum atomic E-state index is 6.11. The summed E-state index contributed by atoms with van der Waals surface area (Å²) in [6.45, 7) is 5.88. The van der Waals surface area contributed by atoms with Crippen molar-refractivity contribution in [1.82, 2.24) is 0 Å². The number of hydrogen-bond donors (Lipinski definition) is 1. The van der Waals surface area contributed by atoms with E-state index in [0.29, 0.717) is 15.8 Å². The minimum Gasteiger partial charge on any atom is -0.488 e. The minimum absolute atomic E-state index is 0.0388. The highest BCUT2D eigenvalue weighted by Crippen LogP contribution is 2.36. The predicted octanol–water partition coefficient (Wildman–Crippen LogP) is 4.19. The third kappa shape index (κ3) is 3.27. The first-order valence-electron chi connectivity index (χ1n) is 5.36. The van der Waals surface area contributed by atoms with Gasteiger partial charge < -0.3 is 10.5 Å². The Kier molecular flexibility index (Phi) is 4.90. The van der Waals surface area contributed by atoms with Crippen LogP contribution in [0.4, 0.5) is 0 Å². The molecule has 90 valence electrons. The van der Waals surface area contributed by atoms with Crippen LogP contribution in [0.2, 0.25) is 10.0 Å². The first-order chi connectivity index (χ1) is 7.45. The van der Waals surface area contributed by atoms with Crippen LogP contribution in [0.3, 0.4) is 0 Å². The van der Waals surface area contributed by atoms with Crippen LogP contribution in [0.15, 0.2) is 12.1 Å². The Morgan fingerprint density at radius 1 is 1.25 bits per heavy atom. The van der Waals surface area contributed by atoms with Gasteiger partial charge in [0.1, 0.15) is 0 Å². The van der Waals surface area contributed by atoms with E-state index in [2.05, 4.69) is 0 Å². The zero-order valence-electron chi connectivity index (χ0n) is 9.76. The Balaban J connectivity index is 3.07. The lowest BCUT2D eigenvalue weighted by atomic mass is 10.1. The normalized spacial score (nSPS) is 12.9. The number of halogens is 2. The van der Waals surface area contributed by atoms with Crippen molar-refractivity contribution < 1.29 is 4.74 Å². The molecule has 2 nitrogen and oxygen atoms in total. The second-order valence-corrected chi connectivity index (χ2v) is 4.81. The summed E-state index contributed by atoms with van der Waals surface area (Å²) >= 11 is 12.2. The molecule has 1 unspecified atom stereocenters. The maximum absolute atomic E-state index is 6.11. The van der Waals surface area contributed by atoms with Gasteiger partial charge in [0.25, 0.3) is 0 Å². The fourth-order valence-corrected chi connectivity index (χ4v) is 1.97. The van der Waals surface area contributed by atoms with Gasteiger partial charge in [-0.15, -0.1) is 0 Å². The molecule has 0 aliphatic carbocycles. The fourth-order valence-electron chi connectivity index (χ4n) is 1.38. The van der Waals surface area contributed by atoms with E-state index in [0.717, 1.165) is 12.0 Å². The summed E-state index contributed by atoms with van der Waals surface area (Å²) in [7, 11) is 0. The summed E-state index contributed by atoms with van der Waals surface area (Å²) < 4.78 is 5.54. The SMILES string of the molecule is CCC(N)c1cc(Cl)c(OC(C)C)c(Cl)c1. The highest BCUT2D eigenvalue weighted by Gasteiger charge is 2.13. The molecule has 0 saturated heterocycles. The van der Waals surface area contributed by atoms with Crippen LogP contribution in [0.5, 0.6) is 5.75 Å². The number of nitrogens with two attached hydrogens (primary N) is 1. The van der Waals surface area contributed by atoms with Gasteiger partial charge >= 0.3 is 0 Å². The Bertz CT molecular complexity index is 343. The molecule has 0 aromatic heterocycles. The molecule has 0 spiro atoms. The topological polar surface area (TPSA) is 35.2 Å². The van der Waals surface area contributed by atoms with Crippen LogP contribution in [0.25, 0.3) is 0 Å². The summed E-state index contributed by atoms with van der Waals surface area (Å²) in [6, 6.07) is 3.60. The van der Waals surface area contributed by atoms with Gasteiger partial charge in [-0.05, 0) is 38.0 Å². The van der Waals surface area contributed by atoms with Gasteiger partial charge in [0, 0.05) is 6.04 Å². The van der Waals surface area contributed by atoms with Crippen LogP contribution in [0, 0.1) is 0 Å². The van der Waals surface area contributed by atoms with Crippen molar-refractivity contribution >= 4 is 23.2 Å². The lowest BCUT2D eigenvalue weighted by Crippen LogP contribution is -2.10. The molecule has 0 saturated carbocycles. The van der Waals surface area contributed by atoms with Crippen molar-refractivity contribution in [3.05, 3.63) is 27.7 Å². The Morgan fingerprint density at radius 2 is 1.75 bits per heavy atom. The van der Waals surface area contributed by atoms with E-state index in [1.165, 1.54) is 0 Å². The van der Waals surface area contributed by atoms with Crippen molar-refractivity contribution in [2.45, 2.75) is 39.3 Å². The van der Waals surface area contributed by atoms with Gasteiger partial charge in [-0.3, -0.25) is 0 Å². The molecule has 16 heavy (non-hydrogen) atoms. The second kappa shape index (κ2) is 5.76. The van der Waals surface area contributed by atoms with Gasteiger partial charge in [0.05, 0.1) is 16.1 Å². The molecule has 0 aliphatic heterocycles. The third-order valence-electron chi connectivity index (χ3n) is 2.24. The van der Waals surface area contributed by atoms with Gasteiger partial charge in [-0.25, -0.2) is 0 Å². The molecule has 0 aliphatic rings. The van der Waals surface area contributed by atoms with Crippen molar-refractivity contribution in [1.29, 1.82) is 0 Å². The van der Waals surface area contributed by atoms with Crippen LogP contribution in [0.1, 0.15) is 38.8 Å². The molecule has 0 fully saturated rings. The van der Waals surface area contributed by atoms with E-state index in [-0.39, 0.29) is 12.1 Å². The van der Waals surface area contributed by atoms with Crippen molar-refractivity contribution in [2.75, 3.05) is 0 Å². The molecule has 2 N–H and O–H groups in total. The average molecular weight is 262 g/mol. The number of benzene rings is 1. The van der Waals surface area contributed by atoms with Crippen molar-refractivity contribution in [3.8, 4) is 5.75 Å². The standard InChI is InChI=1S/C12H17Cl2NO/c1-4-11(15)8-5-9(13)12(10(14)6-8)16-7(2)3/h5-7,11H,4,15H2,1-3H3. The summed E-state index contributed by atoms with van der Waals surface area (Å²) in [4.78, 5) is 0. The molecule has 0 heterocycles. The zero-order chi connectivity index (χ0) is 12.3. The molecular formula is C12H17Cl2NO. The quantitative estimate of drug-likeness (QED) is 0.882. The molecule has 4 heteroatoms. The highest BCUT2D eigenvalue weighted by atomic mass is 35.5. The minimum atomic E-state index is -0.0388. The van der Waals surface area contributed by atoms with Crippen LogP contribution >= 0.6 is 23.2 Å². The number of hydrogen-bond acceptors (Lipinski definition) is 2. The average Bonchev–Trinajstić information content (AvgIpc) is 2.21. The molecule has 0 radical (unpaired) electrons. The lowest BCUT2D eigenvalue weighted by Gasteiger charge is -2.16.